The lowest BCUT2D eigenvalue weighted by Crippen LogP contribution is -2.05. The lowest BCUT2D eigenvalue weighted by Gasteiger charge is -2.08. The number of aromatic nitrogens is 2. The molecule has 3 rings (SSSR count). The summed E-state index contributed by atoms with van der Waals surface area (Å²) in [4.78, 5) is 14.7. The van der Waals surface area contributed by atoms with Gasteiger partial charge in [0.2, 0.25) is 0 Å². The van der Waals surface area contributed by atoms with Gasteiger partial charge in [-0.15, -0.1) is 0 Å². The Morgan fingerprint density at radius 3 is 2.61 bits per heavy atom. The number of imidazole rings is 1. The molecule has 3 aromatic rings. The van der Waals surface area contributed by atoms with E-state index in [1.807, 2.05) is 18.3 Å². The van der Waals surface area contributed by atoms with Gasteiger partial charge in [-0.2, -0.15) is 0 Å². The zero-order chi connectivity index (χ0) is 16.2. The highest BCUT2D eigenvalue weighted by Gasteiger charge is 2.08. The Labute approximate surface area is 141 Å². The molecule has 0 atom stereocenters. The maximum absolute atomic E-state index is 10.7. The number of halogens is 1. The fourth-order valence-corrected chi connectivity index (χ4v) is 2.85. The van der Waals surface area contributed by atoms with Gasteiger partial charge in [-0.05, 0) is 23.3 Å². The molecule has 0 unspecified atom stereocenters. The predicted molar refractivity (Wildman–Crippen MR) is 91.4 cm³/mol. The van der Waals surface area contributed by atoms with Crippen LogP contribution < -0.4 is 0 Å². The first-order valence-electron chi connectivity index (χ1n) is 7.09. The highest BCUT2D eigenvalue weighted by atomic mass is 79.9. The average Bonchev–Trinajstić information content (AvgIpc) is 2.95. The molecule has 0 saturated carbocycles. The maximum Gasteiger partial charge on any atom is 0.269 e. The normalized spacial score (nSPS) is 10.7. The molecule has 1 aromatic heterocycles. The quantitative estimate of drug-likeness (QED) is 0.498. The van der Waals surface area contributed by atoms with Gasteiger partial charge in [-0.3, -0.25) is 10.1 Å². The summed E-state index contributed by atoms with van der Waals surface area (Å²) in [6, 6.07) is 14.7. The molecule has 0 aliphatic carbocycles. The van der Waals surface area contributed by atoms with Crippen LogP contribution in [0.4, 0.5) is 5.69 Å². The lowest BCUT2D eigenvalue weighted by molar-refractivity contribution is -0.384. The fourth-order valence-electron chi connectivity index (χ4n) is 2.40. The van der Waals surface area contributed by atoms with Crippen LogP contribution in [0.5, 0.6) is 0 Å². The van der Waals surface area contributed by atoms with Crippen LogP contribution in [0, 0.1) is 10.1 Å². The second kappa shape index (κ2) is 6.75. The number of nitrogens with zero attached hydrogens (tertiary/aromatic N) is 3. The minimum absolute atomic E-state index is 0.103. The monoisotopic (exact) mass is 371 g/mol. The van der Waals surface area contributed by atoms with Gasteiger partial charge in [0.25, 0.3) is 5.69 Å². The lowest BCUT2D eigenvalue weighted by atomic mass is 10.1. The van der Waals surface area contributed by atoms with Crippen LogP contribution in [0.1, 0.15) is 17.0 Å². The minimum atomic E-state index is -0.391. The molecule has 1 heterocycles. The summed E-state index contributed by atoms with van der Waals surface area (Å²) in [6.45, 7) is 0.738. The van der Waals surface area contributed by atoms with E-state index in [1.54, 1.807) is 18.3 Å². The number of rotatable bonds is 5. The van der Waals surface area contributed by atoms with Crippen molar-refractivity contribution in [2.45, 2.75) is 13.0 Å². The van der Waals surface area contributed by atoms with Crippen molar-refractivity contribution in [1.82, 2.24) is 9.55 Å². The van der Waals surface area contributed by atoms with Crippen molar-refractivity contribution in [1.29, 1.82) is 0 Å². The van der Waals surface area contributed by atoms with Crippen molar-refractivity contribution in [3.63, 3.8) is 0 Å². The molecule has 23 heavy (non-hydrogen) atoms. The van der Waals surface area contributed by atoms with Gasteiger partial charge in [-0.1, -0.05) is 40.2 Å². The Morgan fingerprint density at radius 2 is 1.91 bits per heavy atom. The second-order valence-corrected chi connectivity index (χ2v) is 6.12. The summed E-state index contributed by atoms with van der Waals surface area (Å²) in [5.74, 6) is 0.929. The third-order valence-electron chi connectivity index (χ3n) is 3.55. The molecule has 6 heteroatoms. The van der Waals surface area contributed by atoms with Crippen molar-refractivity contribution in [2.75, 3.05) is 0 Å². The number of nitro benzene ring substituents is 1. The van der Waals surface area contributed by atoms with E-state index in [0.717, 1.165) is 22.4 Å². The van der Waals surface area contributed by atoms with Crippen LogP contribution >= 0.6 is 15.9 Å². The number of hydrogen-bond acceptors (Lipinski definition) is 3. The Bertz CT molecular complexity index is 828. The van der Waals surface area contributed by atoms with Crippen molar-refractivity contribution in [3.8, 4) is 0 Å². The predicted octanol–water partition coefficient (Wildman–Crippen LogP) is 4.19. The largest absolute Gasteiger partial charge is 0.330 e. The molecule has 0 amide bonds. The smallest absolute Gasteiger partial charge is 0.269 e. The first-order chi connectivity index (χ1) is 11.1. The highest BCUT2D eigenvalue weighted by molar-refractivity contribution is 9.10. The van der Waals surface area contributed by atoms with Gasteiger partial charge < -0.3 is 4.57 Å². The van der Waals surface area contributed by atoms with Crippen LogP contribution in [0.2, 0.25) is 0 Å². The molecule has 0 saturated heterocycles. The van der Waals surface area contributed by atoms with Crippen molar-refractivity contribution in [2.24, 2.45) is 0 Å². The topological polar surface area (TPSA) is 61.0 Å². The van der Waals surface area contributed by atoms with E-state index >= 15 is 0 Å². The van der Waals surface area contributed by atoms with Crippen LogP contribution in [-0.2, 0) is 13.0 Å². The SMILES string of the molecule is O=[N+]([O-])c1ccc(Cc2nccn2Cc2cccc(Br)c2)cc1. The van der Waals surface area contributed by atoms with Gasteiger partial charge in [0, 0.05) is 42.0 Å². The zero-order valence-electron chi connectivity index (χ0n) is 12.2. The van der Waals surface area contributed by atoms with Crippen LogP contribution in [0.15, 0.2) is 65.4 Å². The molecule has 0 N–H and O–H groups in total. The van der Waals surface area contributed by atoms with Gasteiger partial charge in [0.05, 0.1) is 4.92 Å². The van der Waals surface area contributed by atoms with E-state index < -0.39 is 4.92 Å². The number of hydrogen-bond donors (Lipinski definition) is 0. The first-order valence-corrected chi connectivity index (χ1v) is 7.89. The summed E-state index contributed by atoms with van der Waals surface area (Å²) < 4.78 is 3.13. The molecule has 0 aliphatic heterocycles. The summed E-state index contributed by atoms with van der Waals surface area (Å²) in [5.41, 5.74) is 2.28. The summed E-state index contributed by atoms with van der Waals surface area (Å²) in [7, 11) is 0. The van der Waals surface area contributed by atoms with Crippen molar-refractivity contribution >= 4 is 21.6 Å². The Kier molecular flexibility index (Phi) is 4.52. The molecular weight excluding hydrogens is 358 g/mol. The van der Waals surface area contributed by atoms with Gasteiger partial charge in [-0.25, -0.2) is 4.98 Å². The van der Waals surface area contributed by atoms with Gasteiger partial charge in [0.1, 0.15) is 5.82 Å². The summed E-state index contributed by atoms with van der Waals surface area (Å²) in [5, 5.41) is 10.7. The summed E-state index contributed by atoms with van der Waals surface area (Å²) >= 11 is 3.48. The Morgan fingerprint density at radius 1 is 1.13 bits per heavy atom. The third kappa shape index (κ3) is 3.84. The molecule has 5 nitrogen and oxygen atoms in total. The van der Waals surface area contributed by atoms with E-state index in [2.05, 4.69) is 37.6 Å². The van der Waals surface area contributed by atoms with E-state index in [1.165, 1.54) is 17.7 Å². The molecule has 0 fully saturated rings. The van der Waals surface area contributed by atoms with Crippen LogP contribution in [0.25, 0.3) is 0 Å². The number of benzene rings is 2. The Hall–Kier alpha value is -2.47. The van der Waals surface area contributed by atoms with Gasteiger partial charge >= 0.3 is 0 Å². The average molecular weight is 372 g/mol. The molecular formula is C17H14BrN3O2. The van der Waals surface area contributed by atoms with Crippen LogP contribution in [-0.4, -0.2) is 14.5 Å². The summed E-state index contributed by atoms with van der Waals surface area (Å²) in [6.07, 6.45) is 4.36. The highest BCUT2D eigenvalue weighted by Crippen LogP contribution is 2.17. The third-order valence-corrected chi connectivity index (χ3v) is 4.05. The molecule has 0 aliphatic rings. The number of non-ortho nitro benzene ring substituents is 1. The van der Waals surface area contributed by atoms with E-state index in [-0.39, 0.29) is 5.69 Å². The fraction of sp³-hybridized carbons (Fsp3) is 0.118. The van der Waals surface area contributed by atoms with E-state index in [9.17, 15) is 10.1 Å². The van der Waals surface area contributed by atoms with Crippen molar-refractivity contribution < 1.29 is 4.92 Å². The van der Waals surface area contributed by atoms with E-state index in [0.29, 0.717) is 6.42 Å². The van der Waals surface area contributed by atoms with Crippen LogP contribution in [0.3, 0.4) is 0 Å². The zero-order valence-corrected chi connectivity index (χ0v) is 13.8. The minimum Gasteiger partial charge on any atom is -0.330 e. The Balaban J connectivity index is 1.77. The molecule has 0 bridgehead atoms. The van der Waals surface area contributed by atoms with Crippen molar-refractivity contribution in [3.05, 3.63) is 92.5 Å². The number of nitro groups is 1. The maximum atomic E-state index is 10.7. The molecule has 2 aromatic carbocycles. The second-order valence-electron chi connectivity index (χ2n) is 5.20. The molecule has 116 valence electrons. The molecule has 0 spiro atoms. The first kappa shape index (κ1) is 15.4. The molecule has 0 radical (unpaired) electrons. The standard InChI is InChI=1S/C17H14BrN3O2/c18-15-3-1-2-14(10-15)12-20-9-8-19-17(20)11-13-4-6-16(7-5-13)21(22)23/h1-10H,11-12H2. The van der Waals surface area contributed by atoms with Gasteiger partial charge in [0.15, 0.2) is 0 Å². The van der Waals surface area contributed by atoms with E-state index in [4.69, 9.17) is 0 Å².